The van der Waals surface area contributed by atoms with E-state index in [9.17, 15) is 18.8 Å². The molecule has 0 saturated carbocycles. The highest BCUT2D eigenvalue weighted by molar-refractivity contribution is 5.79. The monoisotopic (exact) mass is 415 g/mol. The summed E-state index contributed by atoms with van der Waals surface area (Å²) < 4.78 is 17.0. The number of carbonyl (C=O) groups is 1. The molecule has 0 aliphatic carbocycles. The van der Waals surface area contributed by atoms with Crippen LogP contribution in [-0.4, -0.2) is 36.0 Å². The van der Waals surface area contributed by atoms with E-state index < -0.39 is 11.2 Å². The summed E-state index contributed by atoms with van der Waals surface area (Å²) in [5.74, 6) is -0.500. The summed E-state index contributed by atoms with van der Waals surface area (Å²) in [5, 5.41) is 0. The van der Waals surface area contributed by atoms with Gasteiger partial charge in [-0.3, -0.25) is 18.7 Å². The van der Waals surface area contributed by atoms with Crippen LogP contribution in [0.3, 0.4) is 0 Å². The lowest BCUT2D eigenvalue weighted by atomic mass is 10.2. The van der Waals surface area contributed by atoms with Crippen molar-refractivity contribution < 1.29 is 9.18 Å². The number of unbranched alkanes of at least 4 members (excludes halogenated alkanes) is 2. The van der Waals surface area contributed by atoms with Crippen LogP contribution in [0.15, 0.2) is 40.2 Å². The fourth-order valence-electron chi connectivity index (χ4n) is 3.42. The molecule has 9 heteroatoms. The Hall–Kier alpha value is -3.23. The van der Waals surface area contributed by atoms with Crippen LogP contribution in [0.5, 0.6) is 0 Å². The van der Waals surface area contributed by atoms with Crippen molar-refractivity contribution in [3.05, 3.63) is 62.8 Å². The first-order chi connectivity index (χ1) is 14.3. The van der Waals surface area contributed by atoms with Crippen LogP contribution in [-0.2, 0) is 32.0 Å². The molecule has 1 aromatic carbocycles. The minimum absolute atomic E-state index is 0.0722. The van der Waals surface area contributed by atoms with E-state index in [2.05, 4.69) is 11.9 Å². The summed E-state index contributed by atoms with van der Waals surface area (Å²) in [6.45, 7) is 2.93. The molecule has 2 aromatic heterocycles. The summed E-state index contributed by atoms with van der Waals surface area (Å²) in [7, 11) is 2.93. The summed E-state index contributed by atoms with van der Waals surface area (Å²) in [4.78, 5) is 43.7. The second kappa shape index (κ2) is 9.06. The molecule has 0 aliphatic heterocycles. The maximum absolute atomic E-state index is 13.2. The summed E-state index contributed by atoms with van der Waals surface area (Å²) in [6, 6.07) is 6.07. The van der Waals surface area contributed by atoms with Gasteiger partial charge in [-0.1, -0.05) is 31.9 Å². The molecule has 30 heavy (non-hydrogen) atoms. The summed E-state index contributed by atoms with van der Waals surface area (Å²) in [6.07, 6.45) is 4.27. The molecule has 3 rings (SSSR count). The molecule has 0 spiro atoms. The minimum atomic E-state index is -0.491. The van der Waals surface area contributed by atoms with E-state index in [0.29, 0.717) is 13.1 Å². The topological polar surface area (TPSA) is 82.1 Å². The van der Waals surface area contributed by atoms with E-state index in [4.69, 9.17) is 0 Å². The molecule has 2 heterocycles. The van der Waals surface area contributed by atoms with Gasteiger partial charge < -0.3 is 9.47 Å². The van der Waals surface area contributed by atoms with Gasteiger partial charge in [0.2, 0.25) is 5.91 Å². The predicted octanol–water partition coefficient (Wildman–Crippen LogP) is 1.79. The van der Waals surface area contributed by atoms with Gasteiger partial charge in [-0.05, 0) is 24.1 Å². The van der Waals surface area contributed by atoms with Gasteiger partial charge in [-0.2, -0.15) is 0 Å². The van der Waals surface area contributed by atoms with Crippen molar-refractivity contribution in [2.75, 3.05) is 6.54 Å². The molecule has 0 radical (unpaired) electrons. The number of rotatable bonds is 8. The third-order valence-corrected chi connectivity index (χ3v) is 5.19. The van der Waals surface area contributed by atoms with Crippen LogP contribution in [0, 0.1) is 5.82 Å². The third-order valence-electron chi connectivity index (χ3n) is 5.19. The number of amides is 1. The van der Waals surface area contributed by atoms with Gasteiger partial charge in [0.05, 0.1) is 6.33 Å². The fourth-order valence-corrected chi connectivity index (χ4v) is 3.42. The number of halogens is 1. The van der Waals surface area contributed by atoms with E-state index in [1.807, 2.05) is 0 Å². The van der Waals surface area contributed by atoms with Crippen LogP contribution in [0.4, 0.5) is 4.39 Å². The van der Waals surface area contributed by atoms with Gasteiger partial charge in [-0.25, -0.2) is 14.2 Å². The second-order valence-corrected chi connectivity index (χ2v) is 7.40. The molecule has 0 saturated heterocycles. The molecule has 1 amide bonds. The first-order valence-electron chi connectivity index (χ1n) is 9.96. The van der Waals surface area contributed by atoms with Crippen molar-refractivity contribution in [2.24, 2.45) is 14.1 Å². The van der Waals surface area contributed by atoms with Crippen LogP contribution in [0.2, 0.25) is 0 Å². The van der Waals surface area contributed by atoms with Gasteiger partial charge >= 0.3 is 5.69 Å². The molecule has 0 atom stereocenters. The molecule has 3 aromatic rings. The third kappa shape index (κ3) is 4.34. The number of aryl methyl sites for hydroxylation is 1. The van der Waals surface area contributed by atoms with Gasteiger partial charge in [0.15, 0.2) is 11.2 Å². The van der Waals surface area contributed by atoms with Gasteiger partial charge in [0.25, 0.3) is 5.56 Å². The average Bonchev–Trinajstić information content (AvgIpc) is 3.15. The van der Waals surface area contributed by atoms with Crippen LogP contribution >= 0.6 is 0 Å². The van der Waals surface area contributed by atoms with Crippen LogP contribution in [0.1, 0.15) is 31.7 Å². The fraction of sp³-hybridized carbons (Fsp3) is 0.429. The maximum Gasteiger partial charge on any atom is 0.332 e. The van der Waals surface area contributed by atoms with Gasteiger partial charge in [0.1, 0.15) is 12.4 Å². The number of hydrogen-bond acceptors (Lipinski definition) is 4. The molecule has 0 aliphatic rings. The average molecular weight is 415 g/mol. The Bertz CT molecular complexity index is 1160. The molecular formula is C21H26FN5O3. The Morgan fingerprint density at radius 3 is 2.47 bits per heavy atom. The zero-order valence-corrected chi connectivity index (χ0v) is 17.5. The largest absolute Gasteiger partial charge is 0.337 e. The number of hydrogen-bond donors (Lipinski definition) is 0. The van der Waals surface area contributed by atoms with Crippen molar-refractivity contribution in [1.82, 2.24) is 23.6 Å². The molecule has 160 valence electrons. The summed E-state index contributed by atoms with van der Waals surface area (Å²) in [5.41, 5.74) is 0.321. The number of imidazole rings is 1. The Morgan fingerprint density at radius 2 is 1.80 bits per heavy atom. The van der Waals surface area contributed by atoms with E-state index in [1.165, 1.54) is 41.7 Å². The Labute approximate surface area is 173 Å². The van der Waals surface area contributed by atoms with Gasteiger partial charge in [-0.15, -0.1) is 0 Å². The number of nitrogens with zero attached hydrogens (tertiary/aromatic N) is 5. The lowest BCUT2D eigenvalue weighted by Gasteiger charge is -2.23. The normalized spacial score (nSPS) is 11.2. The van der Waals surface area contributed by atoms with E-state index in [-0.39, 0.29) is 29.4 Å². The van der Waals surface area contributed by atoms with Crippen molar-refractivity contribution in [3.63, 3.8) is 0 Å². The number of carbonyl (C=O) groups excluding carboxylic acids is 1. The summed E-state index contributed by atoms with van der Waals surface area (Å²) >= 11 is 0. The number of fused-ring (bicyclic) bond motifs is 1. The lowest BCUT2D eigenvalue weighted by molar-refractivity contribution is -0.132. The van der Waals surface area contributed by atoms with Crippen LogP contribution < -0.4 is 11.2 Å². The zero-order chi connectivity index (χ0) is 21.8. The quantitative estimate of drug-likeness (QED) is 0.525. The first kappa shape index (κ1) is 21.5. The highest BCUT2D eigenvalue weighted by Crippen LogP contribution is 2.11. The SMILES string of the molecule is CCCCCN(Cc1ccc(F)cc1)C(=O)Cn1cnc2c1c(=O)n(C)c(=O)n2C. The van der Waals surface area contributed by atoms with E-state index in [0.717, 1.165) is 29.4 Å². The molecule has 0 N–H and O–H groups in total. The highest BCUT2D eigenvalue weighted by Gasteiger charge is 2.19. The molecular weight excluding hydrogens is 389 g/mol. The predicted molar refractivity (Wildman–Crippen MR) is 112 cm³/mol. The minimum Gasteiger partial charge on any atom is -0.337 e. The molecule has 0 fully saturated rings. The Morgan fingerprint density at radius 1 is 1.10 bits per heavy atom. The zero-order valence-electron chi connectivity index (χ0n) is 17.5. The van der Waals surface area contributed by atoms with Crippen LogP contribution in [0.25, 0.3) is 11.2 Å². The molecule has 8 nitrogen and oxygen atoms in total. The smallest absolute Gasteiger partial charge is 0.332 e. The standard InChI is InChI=1S/C21H26FN5O3/c1-4-5-6-11-26(12-15-7-9-16(22)10-8-15)17(28)13-27-14-23-19-18(27)20(29)25(3)21(30)24(19)2/h7-10,14H,4-6,11-13H2,1-3H3. The number of aromatic nitrogens is 4. The Balaban J connectivity index is 1.88. The maximum atomic E-state index is 13.2. The lowest BCUT2D eigenvalue weighted by Crippen LogP contribution is -2.38. The number of benzene rings is 1. The van der Waals surface area contributed by atoms with E-state index >= 15 is 0 Å². The van der Waals surface area contributed by atoms with Gasteiger partial charge in [0, 0.05) is 27.2 Å². The van der Waals surface area contributed by atoms with Crippen molar-refractivity contribution in [3.8, 4) is 0 Å². The van der Waals surface area contributed by atoms with E-state index in [1.54, 1.807) is 17.0 Å². The molecule has 0 unspecified atom stereocenters. The second-order valence-electron chi connectivity index (χ2n) is 7.40. The molecule has 0 bridgehead atoms. The van der Waals surface area contributed by atoms with Crippen molar-refractivity contribution in [2.45, 2.75) is 39.3 Å². The first-order valence-corrected chi connectivity index (χ1v) is 9.96. The van der Waals surface area contributed by atoms with Crippen molar-refractivity contribution >= 4 is 17.1 Å². The van der Waals surface area contributed by atoms with Crippen molar-refractivity contribution in [1.29, 1.82) is 0 Å². The Kier molecular flexibility index (Phi) is 6.49. The highest BCUT2D eigenvalue weighted by atomic mass is 19.1.